The fourth-order valence-corrected chi connectivity index (χ4v) is 2.26. The number of nitrogens with zero attached hydrogens (tertiary/aromatic N) is 2. The van der Waals surface area contributed by atoms with Crippen LogP contribution in [0.15, 0.2) is 0 Å². The number of hydrogen-bond acceptors (Lipinski definition) is 3. The average Bonchev–Trinajstić information content (AvgIpc) is 3.11. The van der Waals surface area contributed by atoms with E-state index < -0.39 is 0 Å². The van der Waals surface area contributed by atoms with E-state index in [2.05, 4.69) is 21.0 Å². The lowest BCUT2D eigenvalue weighted by molar-refractivity contribution is 0.129. The van der Waals surface area contributed by atoms with Gasteiger partial charge in [0.1, 0.15) is 0 Å². The van der Waals surface area contributed by atoms with Crippen LogP contribution in [-0.2, 0) is 0 Å². The molecule has 3 heteroatoms. The van der Waals surface area contributed by atoms with E-state index in [0.717, 1.165) is 19.0 Å². The van der Waals surface area contributed by atoms with Gasteiger partial charge in [-0.15, -0.1) is 6.42 Å². The Morgan fingerprint density at radius 2 is 1.81 bits per heavy atom. The molecule has 90 valence electrons. The van der Waals surface area contributed by atoms with Gasteiger partial charge in [0, 0.05) is 45.8 Å². The Hall–Kier alpha value is -0.560. The third kappa shape index (κ3) is 4.13. The Balaban J connectivity index is 1.52. The molecule has 1 saturated carbocycles. The molecule has 0 aromatic heterocycles. The van der Waals surface area contributed by atoms with Gasteiger partial charge < -0.3 is 10.2 Å². The second kappa shape index (κ2) is 6.24. The van der Waals surface area contributed by atoms with E-state index in [1.165, 1.54) is 45.6 Å². The van der Waals surface area contributed by atoms with Gasteiger partial charge >= 0.3 is 0 Å². The van der Waals surface area contributed by atoms with E-state index in [9.17, 15) is 0 Å². The summed E-state index contributed by atoms with van der Waals surface area (Å²) in [4.78, 5) is 5.16. The van der Waals surface area contributed by atoms with Crippen LogP contribution in [0.3, 0.4) is 0 Å². The van der Waals surface area contributed by atoms with Crippen molar-refractivity contribution in [3.63, 3.8) is 0 Å². The first-order chi connectivity index (χ1) is 7.88. The van der Waals surface area contributed by atoms with Gasteiger partial charge in [0.2, 0.25) is 0 Å². The molecule has 0 unspecified atom stereocenters. The Kier molecular flexibility index (Phi) is 4.65. The van der Waals surface area contributed by atoms with Crippen molar-refractivity contribution in [3.8, 4) is 12.3 Å². The molecule has 0 bridgehead atoms. The Labute approximate surface area is 99.2 Å². The SMILES string of the molecule is C#CCNCCN1CCN(CC2CC2)CC1. The van der Waals surface area contributed by atoms with E-state index >= 15 is 0 Å². The number of hydrogen-bond donors (Lipinski definition) is 1. The van der Waals surface area contributed by atoms with Crippen LogP contribution >= 0.6 is 0 Å². The van der Waals surface area contributed by atoms with E-state index in [1.54, 1.807) is 0 Å². The highest BCUT2D eigenvalue weighted by Crippen LogP contribution is 2.29. The molecular formula is C13H23N3. The van der Waals surface area contributed by atoms with Gasteiger partial charge in [-0.2, -0.15) is 0 Å². The molecule has 2 rings (SSSR count). The van der Waals surface area contributed by atoms with Gasteiger partial charge in [-0.05, 0) is 18.8 Å². The summed E-state index contributed by atoms with van der Waals surface area (Å²) in [5.41, 5.74) is 0. The smallest absolute Gasteiger partial charge is 0.0574 e. The standard InChI is InChI=1S/C13H23N3/c1-2-5-14-6-7-15-8-10-16(11-9-15)12-13-3-4-13/h1,13-14H,3-12H2. The van der Waals surface area contributed by atoms with Crippen molar-refractivity contribution in [3.05, 3.63) is 0 Å². The summed E-state index contributed by atoms with van der Waals surface area (Å²) in [5, 5.41) is 3.24. The first-order valence-electron chi connectivity index (χ1n) is 6.47. The summed E-state index contributed by atoms with van der Waals surface area (Å²) in [6.45, 7) is 9.17. The number of terminal acetylenes is 1. The normalized spacial score (nSPS) is 23.2. The van der Waals surface area contributed by atoms with Crippen molar-refractivity contribution in [2.24, 2.45) is 5.92 Å². The van der Waals surface area contributed by atoms with Gasteiger partial charge in [0.15, 0.2) is 0 Å². The van der Waals surface area contributed by atoms with Crippen molar-refractivity contribution >= 4 is 0 Å². The molecule has 2 aliphatic rings. The van der Waals surface area contributed by atoms with E-state index in [0.29, 0.717) is 6.54 Å². The van der Waals surface area contributed by atoms with Crippen LogP contribution in [0.5, 0.6) is 0 Å². The number of nitrogens with one attached hydrogen (secondary N) is 1. The fourth-order valence-electron chi connectivity index (χ4n) is 2.26. The molecule has 1 N–H and O–H groups in total. The molecule has 0 radical (unpaired) electrons. The van der Waals surface area contributed by atoms with Gasteiger partial charge in [0.05, 0.1) is 6.54 Å². The van der Waals surface area contributed by atoms with Crippen LogP contribution in [0.2, 0.25) is 0 Å². The highest BCUT2D eigenvalue weighted by molar-refractivity contribution is 4.86. The predicted octanol–water partition coefficient (Wildman–Crippen LogP) is 0.237. The van der Waals surface area contributed by atoms with Crippen molar-refractivity contribution in [2.75, 3.05) is 52.4 Å². The maximum Gasteiger partial charge on any atom is 0.0574 e. The molecule has 1 heterocycles. The van der Waals surface area contributed by atoms with Crippen LogP contribution in [0.1, 0.15) is 12.8 Å². The van der Waals surface area contributed by atoms with E-state index in [1.807, 2.05) is 0 Å². The molecule has 2 fully saturated rings. The van der Waals surface area contributed by atoms with Crippen molar-refractivity contribution in [1.29, 1.82) is 0 Å². The van der Waals surface area contributed by atoms with Crippen LogP contribution in [-0.4, -0.2) is 62.2 Å². The second-order valence-electron chi connectivity index (χ2n) is 4.97. The topological polar surface area (TPSA) is 18.5 Å². The van der Waals surface area contributed by atoms with Gasteiger partial charge in [-0.1, -0.05) is 5.92 Å². The zero-order valence-corrected chi connectivity index (χ0v) is 10.1. The second-order valence-corrected chi connectivity index (χ2v) is 4.97. The largest absolute Gasteiger partial charge is 0.305 e. The Morgan fingerprint density at radius 1 is 1.12 bits per heavy atom. The molecule has 0 aromatic carbocycles. The van der Waals surface area contributed by atoms with E-state index in [-0.39, 0.29) is 0 Å². The lowest BCUT2D eigenvalue weighted by Gasteiger charge is -2.34. The average molecular weight is 221 g/mol. The van der Waals surface area contributed by atoms with Gasteiger partial charge in [-0.3, -0.25) is 4.90 Å². The first kappa shape index (κ1) is 11.9. The molecule has 1 aliphatic heterocycles. The summed E-state index contributed by atoms with van der Waals surface area (Å²) in [6.07, 6.45) is 8.12. The third-order valence-electron chi connectivity index (χ3n) is 3.51. The summed E-state index contributed by atoms with van der Waals surface area (Å²) in [7, 11) is 0. The molecule has 0 atom stereocenters. The quantitative estimate of drug-likeness (QED) is 0.512. The Bertz CT molecular complexity index is 234. The fraction of sp³-hybridized carbons (Fsp3) is 0.846. The van der Waals surface area contributed by atoms with Crippen molar-refractivity contribution in [1.82, 2.24) is 15.1 Å². The lowest BCUT2D eigenvalue weighted by Crippen LogP contribution is -2.48. The van der Waals surface area contributed by atoms with Crippen LogP contribution < -0.4 is 5.32 Å². The van der Waals surface area contributed by atoms with Gasteiger partial charge in [-0.25, -0.2) is 0 Å². The minimum absolute atomic E-state index is 0.696. The summed E-state index contributed by atoms with van der Waals surface area (Å²) >= 11 is 0. The molecule has 1 aliphatic carbocycles. The summed E-state index contributed by atoms with van der Waals surface area (Å²) in [6, 6.07) is 0. The van der Waals surface area contributed by atoms with E-state index in [4.69, 9.17) is 6.42 Å². The molecule has 16 heavy (non-hydrogen) atoms. The lowest BCUT2D eigenvalue weighted by atomic mass is 10.3. The van der Waals surface area contributed by atoms with Gasteiger partial charge in [0.25, 0.3) is 0 Å². The molecule has 3 nitrogen and oxygen atoms in total. The maximum absolute atomic E-state index is 5.19. The minimum Gasteiger partial charge on any atom is -0.305 e. The number of rotatable bonds is 6. The molecular weight excluding hydrogens is 198 g/mol. The monoisotopic (exact) mass is 221 g/mol. The van der Waals surface area contributed by atoms with Crippen LogP contribution in [0, 0.1) is 18.3 Å². The zero-order chi connectivity index (χ0) is 11.2. The molecule has 0 aromatic rings. The predicted molar refractivity (Wildman–Crippen MR) is 67.3 cm³/mol. The zero-order valence-electron chi connectivity index (χ0n) is 10.1. The Morgan fingerprint density at radius 3 is 2.44 bits per heavy atom. The number of piperazine rings is 1. The molecule has 0 amide bonds. The minimum atomic E-state index is 0.696. The summed E-state index contributed by atoms with van der Waals surface area (Å²) in [5.74, 6) is 3.63. The highest BCUT2D eigenvalue weighted by Gasteiger charge is 2.26. The first-order valence-corrected chi connectivity index (χ1v) is 6.47. The maximum atomic E-state index is 5.19. The summed E-state index contributed by atoms with van der Waals surface area (Å²) < 4.78 is 0. The highest BCUT2D eigenvalue weighted by atomic mass is 15.3. The molecule has 1 saturated heterocycles. The third-order valence-corrected chi connectivity index (χ3v) is 3.51. The van der Waals surface area contributed by atoms with Crippen LogP contribution in [0.25, 0.3) is 0 Å². The van der Waals surface area contributed by atoms with Crippen LogP contribution in [0.4, 0.5) is 0 Å². The van der Waals surface area contributed by atoms with Crippen molar-refractivity contribution in [2.45, 2.75) is 12.8 Å². The van der Waals surface area contributed by atoms with Crippen molar-refractivity contribution < 1.29 is 0 Å². The molecule has 0 spiro atoms.